The average molecular weight is 504 g/mol. The van der Waals surface area contributed by atoms with Crippen LogP contribution in [0.3, 0.4) is 0 Å². The Hall–Kier alpha value is -0.0369. The molecular formula is C21H19Cl4Zr. The predicted octanol–water partition coefficient (Wildman–Crippen LogP) is 0.488. The zero-order valence-corrected chi connectivity index (χ0v) is 20.1. The first-order valence-electron chi connectivity index (χ1n) is 8.39. The molecule has 0 bridgehead atoms. The quantitative estimate of drug-likeness (QED) is 0.488. The van der Waals surface area contributed by atoms with Crippen LogP contribution in [0.2, 0.25) is 13.7 Å². The summed E-state index contributed by atoms with van der Waals surface area (Å²) in [4.78, 5) is 0. The van der Waals surface area contributed by atoms with E-state index < -0.39 is 21.8 Å². The molecule has 0 saturated carbocycles. The third kappa shape index (κ3) is 3.89. The van der Waals surface area contributed by atoms with Crippen molar-refractivity contribution in [3.05, 3.63) is 73.0 Å². The first-order chi connectivity index (χ1) is 11.6. The van der Waals surface area contributed by atoms with Crippen molar-refractivity contribution in [1.82, 2.24) is 0 Å². The molecule has 0 heterocycles. The van der Waals surface area contributed by atoms with E-state index in [1.54, 1.807) is 3.28 Å². The van der Waals surface area contributed by atoms with Gasteiger partial charge in [0.1, 0.15) is 0 Å². The van der Waals surface area contributed by atoms with Crippen LogP contribution in [0, 0.1) is 0 Å². The van der Waals surface area contributed by atoms with Crippen molar-refractivity contribution in [2.45, 2.75) is 30.3 Å². The Morgan fingerprint density at radius 1 is 1.00 bits per heavy atom. The molecule has 2 aromatic carbocycles. The Morgan fingerprint density at radius 2 is 1.73 bits per heavy atom. The molecule has 0 N–H and O–H groups in total. The zero-order chi connectivity index (χ0) is 16.8. The molecule has 0 spiro atoms. The summed E-state index contributed by atoms with van der Waals surface area (Å²) in [6.45, 7) is 4.76. The third-order valence-corrected chi connectivity index (χ3v) is 14.1. The van der Waals surface area contributed by atoms with Crippen LogP contribution in [-0.2, 0) is 28.2 Å². The van der Waals surface area contributed by atoms with E-state index in [1.165, 1.54) is 25.5 Å². The van der Waals surface area contributed by atoms with Crippen molar-refractivity contribution >= 4 is 26.5 Å². The largest absolute Gasteiger partial charge is 1.00 e. The molecule has 135 valence electrons. The maximum Gasteiger partial charge on any atom is -1.00 e. The fourth-order valence-electron chi connectivity index (χ4n) is 3.98. The maximum atomic E-state index is 6.77. The molecule has 0 fully saturated rings. The summed E-state index contributed by atoms with van der Waals surface area (Å²) in [6.07, 6.45) is 8.93. The number of allylic oxidation sites excluding steroid dienone is 4. The minimum atomic E-state index is -2.01. The van der Waals surface area contributed by atoms with E-state index in [2.05, 4.69) is 56.3 Å². The number of hydrogen-bond acceptors (Lipinski definition) is 0. The number of benzene rings is 2. The molecule has 0 nitrogen and oxygen atoms in total. The number of hydrogen-bond donors (Lipinski definition) is 0. The molecule has 5 heteroatoms. The zero-order valence-electron chi connectivity index (χ0n) is 14.6. The Labute approximate surface area is 186 Å². The number of rotatable bonds is 3. The fourth-order valence-corrected chi connectivity index (χ4v) is 12.7. The summed E-state index contributed by atoms with van der Waals surface area (Å²) in [5.41, 5.74) is 5.51. The minimum Gasteiger partial charge on any atom is -1.00 e. The monoisotopic (exact) mass is 501 g/mol. The van der Waals surface area contributed by atoms with Crippen LogP contribution in [0.1, 0.15) is 31.4 Å². The molecule has 0 aromatic heterocycles. The Morgan fingerprint density at radius 3 is 2.38 bits per heavy atom. The Kier molecular flexibility index (Phi) is 7.68. The molecule has 2 aliphatic carbocycles. The standard InChI is InChI=1S/C13H7Cl2.C5H5.C3H7.2ClH.Zr/c14-10-1-3-12-8(6-10)5-9-7-11(15)2-4-13(9)12;1-2-4-5-3-1;1-3-2;;;/h1-4,6H,5H2;1-3H,4H2;3H,1-2H3;2*1H;/q;;;;;+2/p-2. The van der Waals surface area contributed by atoms with E-state index >= 15 is 0 Å². The van der Waals surface area contributed by atoms with E-state index in [-0.39, 0.29) is 24.8 Å². The van der Waals surface area contributed by atoms with Crippen LogP contribution < -0.4 is 28.1 Å². The van der Waals surface area contributed by atoms with Gasteiger partial charge in [0.15, 0.2) is 0 Å². The summed E-state index contributed by atoms with van der Waals surface area (Å²) in [5, 5.41) is 1.79. The van der Waals surface area contributed by atoms with Gasteiger partial charge in [-0.2, -0.15) is 0 Å². The topological polar surface area (TPSA) is 0 Å². The molecule has 0 saturated heterocycles. The van der Waals surface area contributed by atoms with Gasteiger partial charge in [0, 0.05) is 0 Å². The summed E-state index contributed by atoms with van der Waals surface area (Å²) >= 11 is 11.0. The van der Waals surface area contributed by atoms with E-state index in [9.17, 15) is 0 Å². The number of halogens is 4. The van der Waals surface area contributed by atoms with Gasteiger partial charge in [-0.3, -0.25) is 0 Å². The predicted molar refractivity (Wildman–Crippen MR) is 101 cm³/mol. The molecule has 4 rings (SSSR count). The summed E-state index contributed by atoms with van der Waals surface area (Å²) < 4.78 is 3.88. The molecule has 0 unspecified atom stereocenters. The second-order valence-corrected chi connectivity index (χ2v) is 15.3. The maximum absolute atomic E-state index is 6.77. The van der Waals surface area contributed by atoms with Gasteiger partial charge in [-0.1, -0.05) is 0 Å². The first-order valence-corrected chi connectivity index (χ1v) is 13.0. The molecule has 0 aliphatic heterocycles. The smallest absolute Gasteiger partial charge is 1.00 e. The van der Waals surface area contributed by atoms with Crippen molar-refractivity contribution in [2.75, 3.05) is 0 Å². The van der Waals surface area contributed by atoms with Crippen LogP contribution in [0.5, 0.6) is 0 Å². The number of fused-ring (bicyclic) bond motifs is 3. The van der Waals surface area contributed by atoms with Crippen LogP contribution in [0.25, 0.3) is 11.1 Å². The second kappa shape index (κ2) is 8.98. The van der Waals surface area contributed by atoms with E-state index in [4.69, 9.17) is 23.2 Å². The van der Waals surface area contributed by atoms with E-state index in [0.717, 1.165) is 22.9 Å². The summed E-state index contributed by atoms with van der Waals surface area (Å²) in [5.74, 6) is 0. The van der Waals surface area contributed by atoms with Crippen molar-refractivity contribution in [3.63, 3.8) is 0 Å². The molecule has 2 aliphatic rings. The van der Waals surface area contributed by atoms with Gasteiger partial charge in [-0.15, -0.1) is 0 Å². The van der Waals surface area contributed by atoms with Gasteiger partial charge in [0.2, 0.25) is 0 Å². The Bertz CT molecular complexity index is 884. The van der Waals surface area contributed by atoms with Crippen LogP contribution >= 0.6 is 23.2 Å². The normalized spacial score (nSPS) is 13.7. The van der Waals surface area contributed by atoms with Gasteiger partial charge >= 0.3 is 163 Å². The van der Waals surface area contributed by atoms with Gasteiger partial charge in [-0.05, 0) is 0 Å². The van der Waals surface area contributed by atoms with Crippen molar-refractivity contribution in [2.24, 2.45) is 0 Å². The fraction of sp³-hybridized carbons (Fsp3) is 0.238. The molecule has 0 radical (unpaired) electrons. The molecule has 2 aromatic rings. The second-order valence-electron chi connectivity index (χ2n) is 6.82. The van der Waals surface area contributed by atoms with Gasteiger partial charge < -0.3 is 24.8 Å². The molecule has 0 atom stereocenters. The van der Waals surface area contributed by atoms with Crippen LogP contribution in [0.4, 0.5) is 0 Å². The Balaban J connectivity index is 0.00000121. The SMILES string of the molecule is C[CH](C)[Zr+2]([C]1=CC=CC1)[c]1c(Cl)ccc2c1Cc1cc(Cl)ccc1-2.[Cl-].[Cl-]. The summed E-state index contributed by atoms with van der Waals surface area (Å²) in [6, 6.07) is 10.6. The van der Waals surface area contributed by atoms with Crippen LogP contribution in [-0.4, -0.2) is 0 Å². The van der Waals surface area contributed by atoms with Gasteiger partial charge in [0.25, 0.3) is 0 Å². The van der Waals surface area contributed by atoms with Crippen molar-refractivity contribution < 1.29 is 46.6 Å². The van der Waals surface area contributed by atoms with E-state index in [0.29, 0.717) is 3.63 Å². The van der Waals surface area contributed by atoms with E-state index in [1.807, 2.05) is 6.07 Å². The molecular weight excluding hydrogens is 485 g/mol. The summed E-state index contributed by atoms with van der Waals surface area (Å²) in [7, 11) is 0. The van der Waals surface area contributed by atoms with Crippen molar-refractivity contribution in [1.29, 1.82) is 0 Å². The molecule has 26 heavy (non-hydrogen) atoms. The van der Waals surface area contributed by atoms with Crippen LogP contribution in [0.15, 0.2) is 51.8 Å². The average Bonchev–Trinajstić information content (AvgIpc) is 3.16. The first kappa shape index (κ1) is 22.3. The van der Waals surface area contributed by atoms with Gasteiger partial charge in [-0.25, -0.2) is 0 Å². The van der Waals surface area contributed by atoms with Crippen molar-refractivity contribution in [3.8, 4) is 11.1 Å². The molecule has 0 amide bonds. The van der Waals surface area contributed by atoms with Gasteiger partial charge in [0.05, 0.1) is 0 Å². The third-order valence-electron chi connectivity index (χ3n) is 4.95. The minimum absolute atomic E-state index is 0.